The fourth-order valence-electron chi connectivity index (χ4n) is 2.40. The Balaban J connectivity index is 1.86. The number of hydrogen-bond donors (Lipinski definition) is 1. The first-order chi connectivity index (χ1) is 12.5. The second-order valence-electron chi connectivity index (χ2n) is 5.46. The van der Waals surface area contributed by atoms with E-state index in [4.69, 9.17) is 0 Å². The molecule has 1 saturated heterocycles. The maximum atomic E-state index is 12.9. The predicted molar refractivity (Wildman–Crippen MR) is 99.7 cm³/mol. The van der Waals surface area contributed by atoms with Gasteiger partial charge in [-0.2, -0.15) is 0 Å². The molecule has 0 aromatic heterocycles. The van der Waals surface area contributed by atoms with E-state index in [0.717, 1.165) is 11.8 Å². The van der Waals surface area contributed by atoms with Crippen molar-refractivity contribution in [1.29, 1.82) is 0 Å². The van der Waals surface area contributed by atoms with Gasteiger partial charge in [0.2, 0.25) is 0 Å². The molecule has 2 aromatic rings. The summed E-state index contributed by atoms with van der Waals surface area (Å²) in [5.41, 5.74) is 1.75. The minimum Gasteiger partial charge on any atom is -0.300 e. The average molecular weight is 371 g/mol. The van der Waals surface area contributed by atoms with Gasteiger partial charge in [0.25, 0.3) is 11.6 Å². The third-order valence-corrected chi connectivity index (χ3v) is 4.60. The van der Waals surface area contributed by atoms with E-state index in [9.17, 15) is 19.3 Å². The number of nitrogens with zero attached hydrogens (tertiary/aromatic N) is 2. The van der Waals surface area contributed by atoms with Gasteiger partial charge in [-0.3, -0.25) is 14.9 Å². The van der Waals surface area contributed by atoms with Crippen molar-refractivity contribution in [3.05, 3.63) is 74.4 Å². The van der Waals surface area contributed by atoms with Crippen molar-refractivity contribution in [3.8, 4) is 0 Å². The van der Waals surface area contributed by atoms with Gasteiger partial charge in [0.05, 0.1) is 15.5 Å². The number of aliphatic imine (C=N–C) groups is 1. The summed E-state index contributed by atoms with van der Waals surface area (Å²) in [7, 11) is 0. The molecule has 1 aliphatic heterocycles. The largest absolute Gasteiger partial charge is 0.300 e. The Morgan fingerprint density at radius 1 is 1.27 bits per heavy atom. The van der Waals surface area contributed by atoms with Crippen LogP contribution < -0.4 is 5.32 Å². The molecule has 1 fully saturated rings. The van der Waals surface area contributed by atoms with Crippen LogP contribution in [0.2, 0.25) is 0 Å². The van der Waals surface area contributed by atoms with Crippen molar-refractivity contribution in [3.63, 3.8) is 0 Å². The number of nitrogens with one attached hydrogen (secondary N) is 1. The summed E-state index contributed by atoms with van der Waals surface area (Å²) in [5.74, 6) is -0.701. The summed E-state index contributed by atoms with van der Waals surface area (Å²) in [6.45, 7) is 1.85. The quantitative estimate of drug-likeness (QED) is 0.496. The Hall–Kier alpha value is -3.00. The fourth-order valence-corrected chi connectivity index (χ4v) is 3.25. The normalized spacial score (nSPS) is 16.9. The molecule has 1 amide bonds. The van der Waals surface area contributed by atoms with Gasteiger partial charge in [0, 0.05) is 11.6 Å². The topological polar surface area (TPSA) is 84.6 Å². The molecule has 0 aliphatic carbocycles. The number of thioether (sulfide) groups is 1. The van der Waals surface area contributed by atoms with Crippen LogP contribution >= 0.6 is 11.8 Å². The monoisotopic (exact) mass is 371 g/mol. The first-order valence-corrected chi connectivity index (χ1v) is 8.60. The predicted octanol–water partition coefficient (Wildman–Crippen LogP) is 4.19. The van der Waals surface area contributed by atoms with Crippen LogP contribution in [0, 0.1) is 15.9 Å². The average Bonchev–Trinajstić information content (AvgIpc) is 2.96. The highest BCUT2D eigenvalue weighted by atomic mass is 32.2. The SMILES string of the molecule is CCc1ccc(/C=C2\SC(=Nc3ccc(F)cc3)NC2=O)cc1[N+](=O)[O-]. The van der Waals surface area contributed by atoms with E-state index >= 15 is 0 Å². The van der Waals surface area contributed by atoms with Gasteiger partial charge in [-0.1, -0.05) is 19.1 Å². The number of nitro benzene ring substituents is 1. The Morgan fingerprint density at radius 2 is 2.00 bits per heavy atom. The molecule has 0 saturated carbocycles. The van der Waals surface area contributed by atoms with Crippen LogP contribution in [0.3, 0.4) is 0 Å². The maximum Gasteiger partial charge on any atom is 0.273 e. The molecular formula is C18H14FN3O3S. The second-order valence-corrected chi connectivity index (χ2v) is 6.49. The van der Waals surface area contributed by atoms with Crippen molar-refractivity contribution in [2.75, 3.05) is 0 Å². The van der Waals surface area contributed by atoms with E-state index in [1.165, 1.54) is 30.3 Å². The Morgan fingerprint density at radius 3 is 2.65 bits per heavy atom. The second kappa shape index (κ2) is 7.49. The molecular weight excluding hydrogens is 357 g/mol. The van der Waals surface area contributed by atoms with Crippen LogP contribution in [0.4, 0.5) is 15.8 Å². The van der Waals surface area contributed by atoms with Crippen LogP contribution in [-0.2, 0) is 11.2 Å². The highest BCUT2D eigenvalue weighted by Crippen LogP contribution is 2.29. The molecule has 0 radical (unpaired) electrons. The zero-order chi connectivity index (χ0) is 18.7. The number of carbonyl (C=O) groups is 1. The molecule has 1 N–H and O–H groups in total. The number of hydrogen-bond acceptors (Lipinski definition) is 5. The molecule has 0 bridgehead atoms. The van der Waals surface area contributed by atoms with Gasteiger partial charge in [0.1, 0.15) is 5.82 Å². The lowest BCUT2D eigenvalue weighted by Crippen LogP contribution is -2.19. The molecule has 0 atom stereocenters. The Bertz CT molecular complexity index is 939. The zero-order valence-corrected chi connectivity index (χ0v) is 14.5. The summed E-state index contributed by atoms with van der Waals surface area (Å²) in [5, 5.41) is 14.2. The summed E-state index contributed by atoms with van der Waals surface area (Å²) in [6.07, 6.45) is 2.14. The summed E-state index contributed by atoms with van der Waals surface area (Å²) < 4.78 is 12.9. The van der Waals surface area contributed by atoms with Crippen molar-refractivity contribution in [1.82, 2.24) is 5.32 Å². The number of nitro groups is 1. The number of amidine groups is 1. The molecule has 0 spiro atoms. The number of rotatable bonds is 4. The number of carbonyl (C=O) groups excluding carboxylic acids is 1. The first kappa shape index (κ1) is 17.8. The number of aryl methyl sites for hydroxylation is 1. The lowest BCUT2D eigenvalue weighted by molar-refractivity contribution is -0.385. The van der Waals surface area contributed by atoms with Crippen LogP contribution in [0.15, 0.2) is 52.4 Å². The van der Waals surface area contributed by atoms with Crippen molar-refractivity contribution in [2.45, 2.75) is 13.3 Å². The van der Waals surface area contributed by atoms with Crippen molar-refractivity contribution in [2.24, 2.45) is 4.99 Å². The summed E-state index contributed by atoms with van der Waals surface area (Å²) in [6, 6.07) is 10.5. The van der Waals surface area contributed by atoms with E-state index in [1.807, 2.05) is 6.92 Å². The van der Waals surface area contributed by atoms with Crippen LogP contribution in [0.1, 0.15) is 18.1 Å². The maximum absolute atomic E-state index is 12.9. The third-order valence-electron chi connectivity index (χ3n) is 3.69. The van der Waals surface area contributed by atoms with Gasteiger partial charge in [-0.15, -0.1) is 0 Å². The van der Waals surface area contributed by atoms with Gasteiger partial charge >= 0.3 is 0 Å². The fraction of sp³-hybridized carbons (Fsp3) is 0.111. The van der Waals surface area contributed by atoms with Crippen molar-refractivity contribution >= 4 is 40.3 Å². The number of halogens is 1. The van der Waals surface area contributed by atoms with E-state index in [2.05, 4.69) is 10.3 Å². The van der Waals surface area contributed by atoms with E-state index in [-0.39, 0.29) is 17.4 Å². The van der Waals surface area contributed by atoms with E-state index < -0.39 is 4.92 Å². The Kier molecular flexibility index (Phi) is 5.13. The minimum atomic E-state index is -0.426. The number of benzene rings is 2. The molecule has 2 aromatic carbocycles. The van der Waals surface area contributed by atoms with Crippen LogP contribution in [0.5, 0.6) is 0 Å². The Labute approximate surface area is 153 Å². The van der Waals surface area contributed by atoms with Crippen LogP contribution in [-0.4, -0.2) is 16.0 Å². The van der Waals surface area contributed by atoms with Crippen molar-refractivity contribution < 1.29 is 14.1 Å². The molecule has 8 heteroatoms. The summed E-state index contributed by atoms with van der Waals surface area (Å²) >= 11 is 1.12. The van der Waals surface area contributed by atoms with Gasteiger partial charge in [-0.25, -0.2) is 9.38 Å². The molecule has 1 heterocycles. The third kappa shape index (κ3) is 3.97. The molecule has 3 rings (SSSR count). The standard InChI is InChI=1S/C18H14FN3O3S/c1-2-12-4-3-11(9-15(12)22(24)25)10-16-17(23)21-18(26-16)20-14-7-5-13(19)6-8-14/h3-10H,2H2,1H3,(H,20,21,23)/b16-10-. The molecule has 1 aliphatic rings. The lowest BCUT2D eigenvalue weighted by atomic mass is 10.1. The van der Waals surface area contributed by atoms with Gasteiger partial charge in [-0.05, 0) is 54.1 Å². The van der Waals surface area contributed by atoms with Gasteiger partial charge in [0.15, 0.2) is 5.17 Å². The molecule has 6 nitrogen and oxygen atoms in total. The van der Waals surface area contributed by atoms with E-state index in [1.54, 1.807) is 18.2 Å². The highest BCUT2D eigenvalue weighted by molar-refractivity contribution is 8.18. The highest BCUT2D eigenvalue weighted by Gasteiger charge is 2.24. The summed E-state index contributed by atoms with van der Waals surface area (Å²) in [4.78, 5) is 27.5. The molecule has 26 heavy (non-hydrogen) atoms. The van der Waals surface area contributed by atoms with E-state index in [0.29, 0.717) is 33.3 Å². The van der Waals surface area contributed by atoms with Crippen LogP contribution in [0.25, 0.3) is 6.08 Å². The molecule has 0 unspecified atom stereocenters. The molecule has 132 valence electrons. The zero-order valence-electron chi connectivity index (χ0n) is 13.7. The smallest absolute Gasteiger partial charge is 0.273 e. The number of amides is 1. The first-order valence-electron chi connectivity index (χ1n) is 7.78. The minimum absolute atomic E-state index is 0.0328. The lowest BCUT2D eigenvalue weighted by Gasteiger charge is -2.01. The van der Waals surface area contributed by atoms with Gasteiger partial charge < -0.3 is 5.32 Å².